The number of carbonyl (C=O) groups is 2. The molecule has 3 N–H and O–H groups in total. The Morgan fingerprint density at radius 2 is 2.28 bits per heavy atom. The van der Waals surface area contributed by atoms with Crippen LogP contribution < -0.4 is 10.6 Å². The van der Waals surface area contributed by atoms with Crippen molar-refractivity contribution in [2.45, 2.75) is 31.9 Å². The van der Waals surface area contributed by atoms with Crippen molar-refractivity contribution in [3.05, 3.63) is 0 Å². The summed E-state index contributed by atoms with van der Waals surface area (Å²) < 4.78 is 10.2. The molecule has 2 amide bonds. The molecule has 0 aromatic carbocycles. The molecule has 0 spiro atoms. The number of carboxylic acid groups (broad SMARTS) is 1. The predicted octanol–water partition coefficient (Wildman–Crippen LogP) is -0.0457. The lowest BCUT2D eigenvalue weighted by Crippen LogP contribution is -2.54. The lowest BCUT2D eigenvalue weighted by atomic mass is 9.95. The first-order chi connectivity index (χ1) is 8.44. The van der Waals surface area contributed by atoms with E-state index < -0.39 is 5.97 Å². The van der Waals surface area contributed by atoms with Gasteiger partial charge in [-0.1, -0.05) is 0 Å². The first-order valence-electron chi connectivity index (χ1n) is 5.91. The fraction of sp³-hybridized carbons (Fsp3) is 0.818. The smallest absolute Gasteiger partial charge is 0.329 e. The monoisotopic (exact) mass is 260 g/mol. The van der Waals surface area contributed by atoms with E-state index in [1.807, 2.05) is 13.8 Å². The third kappa shape index (κ3) is 4.50. The molecule has 1 aliphatic heterocycles. The van der Waals surface area contributed by atoms with Crippen LogP contribution in [0.25, 0.3) is 0 Å². The van der Waals surface area contributed by atoms with Gasteiger partial charge in [0.2, 0.25) is 0 Å². The Bertz CT molecular complexity index is 310. The molecule has 1 aliphatic rings. The van der Waals surface area contributed by atoms with Crippen LogP contribution in [0.15, 0.2) is 0 Å². The van der Waals surface area contributed by atoms with Crippen molar-refractivity contribution in [1.29, 1.82) is 0 Å². The van der Waals surface area contributed by atoms with E-state index in [0.29, 0.717) is 6.61 Å². The average molecular weight is 260 g/mol. The van der Waals surface area contributed by atoms with Crippen molar-refractivity contribution in [1.82, 2.24) is 10.6 Å². The van der Waals surface area contributed by atoms with Crippen LogP contribution in [-0.4, -0.2) is 55.1 Å². The third-order valence-corrected chi connectivity index (χ3v) is 3.04. The molecule has 0 aromatic heterocycles. The highest BCUT2D eigenvalue weighted by atomic mass is 16.5. The van der Waals surface area contributed by atoms with Crippen molar-refractivity contribution in [2.24, 2.45) is 0 Å². The Morgan fingerprint density at radius 3 is 2.83 bits per heavy atom. The summed E-state index contributed by atoms with van der Waals surface area (Å²) in [7, 11) is 0. The number of ether oxygens (including phenoxy) is 2. The Hall–Kier alpha value is -1.34. The van der Waals surface area contributed by atoms with E-state index in [-0.39, 0.29) is 37.4 Å². The maximum atomic E-state index is 11.6. The minimum atomic E-state index is -1.02. The molecule has 104 valence electrons. The Balaban J connectivity index is 2.16. The molecule has 18 heavy (non-hydrogen) atoms. The maximum Gasteiger partial charge on any atom is 0.329 e. The number of carbonyl (C=O) groups excluding carboxylic acids is 1. The van der Waals surface area contributed by atoms with Crippen molar-refractivity contribution in [2.75, 3.05) is 26.4 Å². The van der Waals surface area contributed by atoms with Crippen LogP contribution in [0.2, 0.25) is 0 Å². The second kappa shape index (κ2) is 6.55. The zero-order valence-electron chi connectivity index (χ0n) is 10.7. The summed E-state index contributed by atoms with van der Waals surface area (Å²) in [6.45, 7) is 4.58. The molecule has 0 aromatic rings. The molecule has 0 aliphatic carbocycles. The van der Waals surface area contributed by atoms with Crippen LogP contribution in [0.1, 0.15) is 20.3 Å². The van der Waals surface area contributed by atoms with Crippen LogP contribution in [0.5, 0.6) is 0 Å². The van der Waals surface area contributed by atoms with E-state index in [1.54, 1.807) is 0 Å². The lowest BCUT2D eigenvalue weighted by Gasteiger charge is -2.28. The average Bonchev–Trinajstić information content (AvgIpc) is 2.58. The van der Waals surface area contributed by atoms with Gasteiger partial charge in [0.15, 0.2) is 0 Å². The third-order valence-electron chi connectivity index (χ3n) is 3.04. The Morgan fingerprint density at radius 1 is 1.56 bits per heavy atom. The summed E-state index contributed by atoms with van der Waals surface area (Å²) in [5, 5.41) is 13.8. The van der Waals surface area contributed by atoms with Crippen molar-refractivity contribution < 1.29 is 24.2 Å². The van der Waals surface area contributed by atoms with Crippen molar-refractivity contribution >= 4 is 12.0 Å². The van der Waals surface area contributed by atoms with E-state index in [0.717, 1.165) is 6.42 Å². The van der Waals surface area contributed by atoms with Gasteiger partial charge in [-0.3, -0.25) is 0 Å². The molecule has 7 nitrogen and oxygen atoms in total. The number of aliphatic carboxylic acids is 1. The Labute approximate surface area is 106 Å². The molecule has 2 atom stereocenters. The zero-order valence-corrected chi connectivity index (χ0v) is 10.7. The number of carboxylic acids is 1. The highest BCUT2D eigenvalue weighted by Gasteiger charge is 2.38. The molecular formula is C11H20N2O5. The molecule has 2 unspecified atom stereocenters. The van der Waals surface area contributed by atoms with Gasteiger partial charge in [-0.15, -0.1) is 0 Å². The summed E-state index contributed by atoms with van der Waals surface area (Å²) >= 11 is 0. The van der Waals surface area contributed by atoms with E-state index in [9.17, 15) is 9.59 Å². The topological polar surface area (TPSA) is 96.9 Å². The van der Waals surface area contributed by atoms with Crippen molar-refractivity contribution in [3.8, 4) is 0 Å². The summed E-state index contributed by atoms with van der Waals surface area (Å²) in [6, 6.07) is -0.297. The van der Waals surface area contributed by atoms with Crippen molar-refractivity contribution in [3.63, 3.8) is 0 Å². The molecule has 0 bridgehead atoms. The van der Waals surface area contributed by atoms with Gasteiger partial charge in [-0.2, -0.15) is 0 Å². The van der Waals surface area contributed by atoms with Gasteiger partial charge in [0, 0.05) is 13.2 Å². The normalized spacial score (nSPS) is 26.9. The minimum absolute atomic E-state index is 0.0217. The number of amides is 2. The SMILES string of the molecule is CC1OCCC1(C)NC(=O)NCCOCC(=O)O. The van der Waals surface area contributed by atoms with Gasteiger partial charge in [0.1, 0.15) is 6.61 Å². The van der Waals surface area contributed by atoms with E-state index in [4.69, 9.17) is 14.6 Å². The summed E-state index contributed by atoms with van der Waals surface area (Å²) in [5.74, 6) is -1.02. The Kier molecular flexibility index (Phi) is 5.36. The highest BCUT2D eigenvalue weighted by Crippen LogP contribution is 2.24. The van der Waals surface area contributed by atoms with Gasteiger partial charge in [-0.05, 0) is 20.3 Å². The predicted molar refractivity (Wildman–Crippen MR) is 63.4 cm³/mol. The van der Waals surface area contributed by atoms with Crippen LogP contribution in [0.4, 0.5) is 4.79 Å². The fourth-order valence-electron chi connectivity index (χ4n) is 1.70. The molecule has 0 radical (unpaired) electrons. The first kappa shape index (κ1) is 14.7. The van der Waals surface area contributed by atoms with Gasteiger partial charge < -0.3 is 25.2 Å². The summed E-state index contributed by atoms with van der Waals surface area (Å²) in [4.78, 5) is 21.8. The van der Waals surface area contributed by atoms with Crippen LogP contribution in [0, 0.1) is 0 Å². The van der Waals surface area contributed by atoms with Gasteiger partial charge in [0.05, 0.1) is 18.2 Å². The molecular weight excluding hydrogens is 240 g/mol. The quantitative estimate of drug-likeness (QED) is 0.582. The lowest BCUT2D eigenvalue weighted by molar-refractivity contribution is -0.142. The highest BCUT2D eigenvalue weighted by molar-refractivity contribution is 5.74. The standard InChI is InChI=1S/C11H20N2O5/c1-8-11(2,3-5-18-8)13-10(16)12-4-6-17-7-9(14)15/h8H,3-7H2,1-2H3,(H,14,15)(H2,12,13,16). The van der Waals surface area contributed by atoms with Crippen LogP contribution in [-0.2, 0) is 14.3 Å². The molecule has 1 fully saturated rings. The molecule has 1 rings (SSSR count). The van der Waals surface area contributed by atoms with Crippen LogP contribution >= 0.6 is 0 Å². The van der Waals surface area contributed by atoms with E-state index >= 15 is 0 Å². The van der Waals surface area contributed by atoms with E-state index in [1.165, 1.54) is 0 Å². The number of urea groups is 1. The first-order valence-corrected chi connectivity index (χ1v) is 5.91. The summed E-state index contributed by atoms with van der Waals surface area (Å²) in [6.07, 6.45) is 0.753. The molecule has 1 heterocycles. The second-order valence-electron chi connectivity index (χ2n) is 4.51. The second-order valence-corrected chi connectivity index (χ2v) is 4.51. The molecule has 7 heteroatoms. The number of nitrogens with one attached hydrogen (secondary N) is 2. The van der Waals surface area contributed by atoms with Crippen LogP contribution in [0.3, 0.4) is 0 Å². The van der Waals surface area contributed by atoms with E-state index in [2.05, 4.69) is 10.6 Å². The van der Waals surface area contributed by atoms with Gasteiger partial charge in [-0.25, -0.2) is 9.59 Å². The number of hydrogen-bond acceptors (Lipinski definition) is 4. The van der Waals surface area contributed by atoms with Gasteiger partial charge in [0.25, 0.3) is 0 Å². The number of rotatable bonds is 6. The molecule has 0 saturated carbocycles. The minimum Gasteiger partial charge on any atom is -0.480 e. The summed E-state index contributed by atoms with van der Waals surface area (Å²) in [5.41, 5.74) is -0.355. The number of hydrogen-bond donors (Lipinski definition) is 3. The fourth-order valence-corrected chi connectivity index (χ4v) is 1.70. The largest absolute Gasteiger partial charge is 0.480 e. The molecule has 1 saturated heterocycles. The maximum absolute atomic E-state index is 11.6. The zero-order chi connectivity index (χ0) is 13.6. The van der Waals surface area contributed by atoms with Gasteiger partial charge >= 0.3 is 12.0 Å².